The highest BCUT2D eigenvalue weighted by Crippen LogP contribution is 2.30. The highest BCUT2D eigenvalue weighted by atomic mass is 16.5. The number of nitrogens with two attached hydrogens (primary N) is 2. The fourth-order valence-electron chi connectivity index (χ4n) is 1.88. The topological polar surface area (TPSA) is 94.6 Å². The van der Waals surface area contributed by atoms with E-state index in [9.17, 15) is 0 Å². The van der Waals surface area contributed by atoms with Gasteiger partial charge in [-0.3, -0.25) is 22.5 Å². The standard InChI is InChI=1S/C6H14N2O.C4H10N2O.C2H6/c1-9-5-6(8-7)3-2-4-6;5-6-4-1-2-7-3-4;1-2/h8H,2-5,7H2,1H3;4,6H,1-3,5H2;1-2H3. The smallest absolute Gasteiger partial charge is 0.0657 e. The average Bonchev–Trinajstić information content (AvgIpc) is 2.90. The van der Waals surface area contributed by atoms with Crippen molar-refractivity contribution < 1.29 is 9.47 Å². The van der Waals surface area contributed by atoms with E-state index >= 15 is 0 Å². The maximum Gasteiger partial charge on any atom is 0.0657 e. The lowest BCUT2D eigenvalue weighted by Crippen LogP contribution is -2.57. The van der Waals surface area contributed by atoms with Gasteiger partial charge in [0, 0.05) is 19.8 Å². The van der Waals surface area contributed by atoms with Gasteiger partial charge in [0.2, 0.25) is 0 Å². The Hall–Kier alpha value is -0.240. The predicted molar refractivity (Wildman–Crippen MR) is 73.7 cm³/mol. The Morgan fingerprint density at radius 2 is 2.00 bits per heavy atom. The van der Waals surface area contributed by atoms with Gasteiger partial charge in [-0.2, -0.15) is 0 Å². The third kappa shape index (κ3) is 6.08. The highest BCUT2D eigenvalue weighted by molar-refractivity contribution is 4.93. The summed E-state index contributed by atoms with van der Waals surface area (Å²) < 4.78 is 10.0. The Balaban J connectivity index is 0.000000289. The van der Waals surface area contributed by atoms with Gasteiger partial charge in [0.15, 0.2) is 0 Å². The molecule has 6 N–H and O–H groups in total. The summed E-state index contributed by atoms with van der Waals surface area (Å²) in [6, 6.07) is 0.403. The van der Waals surface area contributed by atoms with E-state index in [0.717, 1.165) is 39.1 Å². The zero-order chi connectivity index (χ0) is 13.9. The molecule has 0 aromatic heterocycles. The number of nitrogens with one attached hydrogen (secondary N) is 2. The van der Waals surface area contributed by atoms with Crippen molar-refractivity contribution in [3.05, 3.63) is 0 Å². The molecule has 2 rings (SSSR count). The van der Waals surface area contributed by atoms with Gasteiger partial charge >= 0.3 is 0 Å². The molecule has 1 unspecified atom stereocenters. The second kappa shape index (κ2) is 10.7. The zero-order valence-corrected chi connectivity index (χ0v) is 12.0. The van der Waals surface area contributed by atoms with Gasteiger partial charge in [-0.15, -0.1) is 0 Å². The van der Waals surface area contributed by atoms with Crippen LogP contribution in [0, 0.1) is 0 Å². The Kier molecular flexibility index (Phi) is 10.5. The maximum atomic E-state index is 5.32. The highest BCUT2D eigenvalue weighted by Gasteiger charge is 2.35. The first-order valence-corrected chi connectivity index (χ1v) is 6.77. The Bertz CT molecular complexity index is 177. The van der Waals surface area contributed by atoms with Crippen molar-refractivity contribution in [2.24, 2.45) is 11.7 Å². The lowest BCUT2D eigenvalue weighted by Gasteiger charge is -2.40. The molecule has 6 heteroatoms. The van der Waals surface area contributed by atoms with E-state index in [2.05, 4.69) is 10.9 Å². The normalized spacial score (nSPS) is 24.2. The number of ether oxygens (including phenoxy) is 2. The van der Waals surface area contributed by atoms with Crippen LogP contribution in [0.5, 0.6) is 0 Å². The van der Waals surface area contributed by atoms with E-state index in [4.69, 9.17) is 21.2 Å². The van der Waals surface area contributed by atoms with Crippen molar-refractivity contribution in [3.8, 4) is 0 Å². The van der Waals surface area contributed by atoms with Crippen molar-refractivity contribution >= 4 is 0 Å². The zero-order valence-electron chi connectivity index (χ0n) is 12.0. The van der Waals surface area contributed by atoms with Crippen molar-refractivity contribution in [3.63, 3.8) is 0 Å². The summed E-state index contributed by atoms with van der Waals surface area (Å²) in [6.45, 7) is 6.37. The third-order valence-electron chi connectivity index (χ3n) is 3.20. The van der Waals surface area contributed by atoms with Gasteiger partial charge in [-0.05, 0) is 25.7 Å². The summed E-state index contributed by atoms with van der Waals surface area (Å²) in [5, 5.41) is 0. The van der Waals surface area contributed by atoms with Crippen LogP contribution >= 0.6 is 0 Å². The van der Waals surface area contributed by atoms with Crippen molar-refractivity contribution in [2.45, 2.75) is 51.1 Å². The van der Waals surface area contributed by atoms with Crippen LogP contribution in [-0.2, 0) is 9.47 Å². The second-order valence-corrected chi connectivity index (χ2v) is 4.44. The minimum atomic E-state index is 0.120. The van der Waals surface area contributed by atoms with E-state index in [1.807, 2.05) is 13.8 Å². The average molecular weight is 262 g/mol. The summed E-state index contributed by atoms with van der Waals surface area (Å²) in [7, 11) is 1.71. The molecule has 1 heterocycles. The third-order valence-corrected chi connectivity index (χ3v) is 3.20. The van der Waals surface area contributed by atoms with Gasteiger partial charge in [-0.1, -0.05) is 13.8 Å². The molecule has 0 spiro atoms. The molecule has 0 radical (unpaired) electrons. The lowest BCUT2D eigenvalue weighted by molar-refractivity contribution is 0.0566. The van der Waals surface area contributed by atoms with Crippen LogP contribution in [0.15, 0.2) is 0 Å². The number of hydrogen-bond donors (Lipinski definition) is 4. The molecule has 1 saturated heterocycles. The Morgan fingerprint density at radius 3 is 2.17 bits per heavy atom. The number of rotatable bonds is 4. The lowest BCUT2D eigenvalue weighted by atomic mass is 9.78. The molecule has 0 aromatic rings. The number of hydrazine groups is 2. The SMILES string of the molecule is CC.COCC1(NN)CCC1.NNC1CCOC1. The molecule has 0 aromatic carbocycles. The molecule has 6 nitrogen and oxygen atoms in total. The molecule has 1 aliphatic heterocycles. The van der Waals surface area contributed by atoms with Crippen LogP contribution < -0.4 is 22.5 Å². The monoisotopic (exact) mass is 262 g/mol. The molecule has 0 amide bonds. The second-order valence-electron chi connectivity index (χ2n) is 4.44. The first-order chi connectivity index (χ1) is 8.76. The van der Waals surface area contributed by atoms with Crippen LogP contribution in [-0.4, -0.2) is 38.5 Å². The Morgan fingerprint density at radius 1 is 1.33 bits per heavy atom. The maximum absolute atomic E-state index is 5.32. The minimum absolute atomic E-state index is 0.120. The summed E-state index contributed by atoms with van der Waals surface area (Å²) in [5.74, 6) is 10.4. The Labute approximate surface area is 111 Å². The molecule has 0 bridgehead atoms. The van der Waals surface area contributed by atoms with E-state index < -0.39 is 0 Å². The van der Waals surface area contributed by atoms with Crippen molar-refractivity contribution in [1.29, 1.82) is 0 Å². The van der Waals surface area contributed by atoms with E-state index in [-0.39, 0.29) is 5.54 Å². The summed E-state index contributed by atoms with van der Waals surface area (Å²) in [6.07, 6.45) is 4.62. The summed E-state index contributed by atoms with van der Waals surface area (Å²) in [4.78, 5) is 0. The van der Waals surface area contributed by atoms with Crippen LogP contribution in [0.3, 0.4) is 0 Å². The van der Waals surface area contributed by atoms with Crippen LogP contribution in [0.1, 0.15) is 39.5 Å². The number of methoxy groups -OCH3 is 1. The molecule has 18 heavy (non-hydrogen) atoms. The fraction of sp³-hybridized carbons (Fsp3) is 1.00. The van der Waals surface area contributed by atoms with E-state index in [1.165, 1.54) is 6.42 Å². The van der Waals surface area contributed by atoms with E-state index in [0.29, 0.717) is 6.04 Å². The van der Waals surface area contributed by atoms with Crippen molar-refractivity contribution in [1.82, 2.24) is 10.9 Å². The van der Waals surface area contributed by atoms with Gasteiger partial charge in [0.1, 0.15) is 0 Å². The molecule has 2 fully saturated rings. The summed E-state index contributed by atoms with van der Waals surface area (Å²) >= 11 is 0. The molecular formula is C12H30N4O2. The summed E-state index contributed by atoms with van der Waals surface area (Å²) in [5.41, 5.74) is 5.55. The van der Waals surface area contributed by atoms with Crippen molar-refractivity contribution in [2.75, 3.05) is 26.9 Å². The van der Waals surface area contributed by atoms with Gasteiger partial charge in [0.25, 0.3) is 0 Å². The molecule has 2 aliphatic rings. The van der Waals surface area contributed by atoms with Gasteiger partial charge in [-0.25, -0.2) is 0 Å². The van der Waals surface area contributed by atoms with Crippen LogP contribution in [0.4, 0.5) is 0 Å². The van der Waals surface area contributed by atoms with Gasteiger partial charge in [0.05, 0.1) is 18.8 Å². The largest absolute Gasteiger partial charge is 0.383 e. The molecular weight excluding hydrogens is 232 g/mol. The fourth-order valence-corrected chi connectivity index (χ4v) is 1.88. The molecule has 1 saturated carbocycles. The van der Waals surface area contributed by atoms with E-state index in [1.54, 1.807) is 7.11 Å². The van der Waals surface area contributed by atoms with Crippen LogP contribution in [0.25, 0.3) is 0 Å². The first kappa shape index (κ1) is 17.8. The first-order valence-electron chi connectivity index (χ1n) is 6.77. The minimum Gasteiger partial charge on any atom is -0.383 e. The number of hydrogen-bond acceptors (Lipinski definition) is 6. The van der Waals surface area contributed by atoms with Crippen LogP contribution in [0.2, 0.25) is 0 Å². The molecule has 1 atom stereocenters. The predicted octanol–water partition coefficient (Wildman–Crippen LogP) is 0.284. The quantitative estimate of drug-likeness (QED) is 0.429. The van der Waals surface area contributed by atoms with Gasteiger partial charge < -0.3 is 9.47 Å². The molecule has 1 aliphatic carbocycles. The molecule has 110 valence electrons.